The van der Waals surface area contributed by atoms with Crippen molar-refractivity contribution in [1.29, 1.82) is 0 Å². The minimum Gasteiger partial charge on any atom is -0.411 e. The average molecular weight is 451 g/mol. The van der Waals surface area contributed by atoms with Crippen molar-refractivity contribution < 1.29 is 40.2 Å². The summed E-state index contributed by atoms with van der Waals surface area (Å²) in [6.07, 6.45) is -12.1. The number of guanidine groups is 1. The van der Waals surface area contributed by atoms with Gasteiger partial charge in [0.1, 0.15) is 5.28 Å². The van der Waals surface area contributed by atoms with Gasteiger partial charge in [-0.3, -0.25) is 9.88 Å². The molecule has 2 aliphatic rings. The zero-order valence-electron chi connectivity index (χ0n) is 16.1. The topological polar surface area (TPSA) is 87.9 Å². The minimum absolute atomic E-state index is 0.0284. The molecule has 0 aromatic rings. The second-order valence-electron chi connectivity index (χ2n) is 6.59. The third kappa shape index (κ3) is 3.72. The lowest BCUT2D eigenvalue weighted by molar-refractivity contribution is -0.293. The molecule has 2 rings (SSSR count). The van der Waals surface area contributed by atoms with E-state index < -0.39 is 42.7 Å². The number of alkyl halides is 6. The van der Waals surface area contributed by atoms with Crippen LogP contribution in [-0.2, 0) is 13.8 Å². The largest absolute Gasteiger partial charge is 0.443 e. The van der Waals surface area contributed by atoms with Gasteiger partial charge in [0.25, 0.3) is 0 Å². The number of nitrogens with one attached hydrogen (secondary N) is 1. The van der Waals surface area contributed by atoms with E-state index in [1.807, 2.05) is 0 Å². The second kappa shape index (κ2) is 7.15. The highest BCUT2D eigenvalue weighted by molar-refractivity contribution is 7.59. The third-order valence-electron chi connectivity index (χ3n) is 4.44. The van der Waals surface area contributed by atoms with Crippen LogP contribution in [0.4, 0.5) is 26.3 Å². The SMILES string of the molecule is CCO[P@]1(=O)N=C(NC2=NC(C(F)(F)F)(C(F)(F)F)N=C(CC)O2)N(C)C1(C)C. The Balaban J connectivity index is 2.53. The number of nitrogens with zero attached hydrogens (tertiary/aromatic N) is 4. The number of halogens is 6. The van der Waals surface area contributed by atoms with E-state index >= 15 is 0 Å². The summed E-state index contributed by atoms with van der Waals surface area (Å²) >= 11 is 0. The van der Waals surface area contributed by atoms with Crippen molar-refractivity contribution in [3.8, 4) is 0 Å². The molecule has 2 heterocycles. The Bertz CT molecular complexity index is 791. The number of aliphatic imine (C=N–C) groups is 2. The summed E-state index contributed by atoms with van der Waals surface area (Å²) in [7, 11) is -2.31. The van der Waals surface area contributed by atoms with Gasteiger partial charge in [-0.2, -0.15) is 36.1 Å². The quantitative estimate of drug-likeness (QED) is 0.520. The van der Waals surface area contributed by atoms with E-state index in [9.17, 15) is 30.9 Å². The fraction of sp³-hybridized carbons (Fsp3) is 0.786. The van der Waals surface area contributed by atoms with Crippen LogP contribution in [0.5, 0.6) is 0 Å². The maximum atomic E-state index is 13.4. The van der Waals surface area contributed by atoms with Crippen molar-refractivity contribution in [2.24, 2.45) is 14.7 Å². The van der Waals surface area contributed by atoms with Crippen molar-refractivity contribution in [3.63, 3.8) is 0 Å². The van der Waals surface area contributed by atoms with Gasteiger partial charge in [-0.15, -0.1) is 0 Å². The number of ether oxygens (including phenoxy) is 1. The van der Waals surface area contributed by atoms with Crippen LogP contribution in [0.1, 0.15) is 34.1 Å². The van der Waals surface area contributed by atoms with Crippen molar-refractivity contribution in [2.75, 3.05) is 13.7 Å². The molecule has 0 aliphatic carbocycles. The van der Waals surface area contributed by atoms with E-state index in [2.05, 4.69) is 20.1 Å². The summed E-state index contributed by atoms with van der Waals surface area (Å²) in [5.74, 6) is -1.15. The highest BCUT2D eigenvalue weighted by Gasteiger charge is 2.74. The summed E-state index contributed by atoms with van der Waals surface area (Å²) in [5.41, 5.74) is -4.73. The second-order valence-corrected chi connectivity index (χ2v) is 9.18. The lowest BCUT2D eigenvalue weighted by atomic mass is 10.1. The fourth-order valence-corrected chi connectivity index (χ4v) is 4.33. The molecule has 0 fully saturated rings. The Morgan fingerprint density at radius 1 is 1.14 bits per heavy atom. The van der Waals surface area contributed by atoms with E-state index in [1.54, 1.807) is 6.92 Å². The van der Waals surface area contributed by atoms with Crippen LogP contribution in [-0.4, -0.2) is 59.7 Å². The van der Waals surface area contributed by atoms with Gasteiger partial charge in [0.05, 0.1) is 6.61 Å². The summed E-state index contributed by atoms with van der Waals surface area (Å²) in [6.45, 7) is 5.86. The average Bonchev–Trinajstić information content (AvgIpc) is 2.73. The number of amidine groups is 1. The van der Waals surface area contributed by atoms with E-state index in [0.717, 1.165) is 0 Å². The first-order valence-electron chi connectivity index (χ1n) is 8.40. The zero-order valence-corrected chi connectivity index (χ0v) is 17.0. The molecule has 15 heteroatoms. The summed E-state index contributed by atoms with van der Waals surface area (Å²) in [4.78, 5) is 6.65. The van der Waals surface area contributed by atoms with Gasteiger partial charge < -0.3 is 14.2 Å². The lowest BCUT2D eigenvalue weighted by Gasteiger charge is -2.35. The van der Waals surface area contributed by atoms with Crippen LogP contribution in [0.2, 0.25) is 0 Å². The molecule has 2 aliphatic heterocycles. The predicted molar refractivity (Wildman–Crippen MR) is 92.7 cm³/mol. The zero-order chi connectivity index (χ0) is 22.5. The standard InChI is InChI=1S/C14H20F6N5O3P/c1-6-8-22-12(13(15,16)17,14(18,19)20)23-10(28-8)21-9-24-29(26,27-7-2)11(3,4)25(9)5/h6-7H2,1-5H3,(H,21,23,24,26)/t29-/m0/s1. The van der Waals surface area contributed by atoms with Gasteiger partial charge >= 0.3 is 31.6 Å². The van der Waals surface area contributed by atoms with E-state index in [-0.39, 0.29) is 19.0 Å². The van der Waals surface area contributed by atoms with Crippen molar-refractivity contribution in [2.45, 2.75) is 57.4 Å². The molecule has 0 bridgehead atoms. The van der Waals surface area contributed by atoms with E-state index in [1.165, 1.54) is 32.7 Å². The monoisotopic (exact) mass is 451 g/mol. The van der Waals surface area contributed by atoms with Crippen LogP contribution in [0.3, 0.4) is 0 Å². The molecule has 8 nitrogen and oxygen atoms in total. The number of hydrogen-bond donors (Lipinski definition) is 1. The number of rotatable bonds is 3. The van der Waals surface area contributed by atoms with E-state index in [4.69, 9.17) is 9.26 Å². The molecule has 0 aromatic carbocycles. The molecule has 166 valence electrons. The predicted octanol–water partition coefficient (Wildman–Crippen LogP) is 3.86. The molecule has 29 heavy (non-hydrogen) atoms. The Kier molecular flexibility index (Phi) is 5.78. The summed E-state index contributed by atoms with van der Waals surface area (Å²) in [6, 6.07) is -1.13. The van der Waals surface area contributed by atoms with Gasteiger partial charge in [-0.25, -0.2) is 4.99 Å². The molecule has 0 radical (unpaired) electrons. The first kappa shape index (κ1) is 23.5. The smallest absolute Gasteiger partial charge is 0.411 e. The summed E-state index contributed by atoms with van der Waals surface area (Å²) < 4.78 is 107. The molecule has 0 saturated heterocycles. The Labute approximate surface area is 162 Å². The van der Waals surface area contributed by atoms with Crippen LogP contribution in [0, 0.1) is 0 Å². The van der Waals surface area contributed by atoms with Crippen molar-refractivity contribution >= 4 is 25.4 Å². The van der Waals surface area contributed by atoms with Gasteiger partial charge in [0.15, 0.2) is 5.90 Å². The molecule has 0 saturated carbocycles. The Hall–Kier alpha value is -1.82. The first-order valence-corrected chi connectivity index (χ1v) is 9.98. The highest BCUT2D eigenvalue weighted by Crippen LogP contribution is 2.64. The van der Waals surface area contributed by atoms with Gasteiger partial charge in [0.2, 0.25) is 5.96 Å². The molecule has 0 unspecified atom stereocenters. The van der Waals surface area contributed by atoms with Crippen LogP contribution in [0.15, 0.2) is 14.7 Å². The number of hydrogen-bond acceptors (Lipinski definition) is 7. The molecule has 0 spiro atoms. The Morgan fingerprint density at radius 2 is 1.69 bits per heavy atom. The molecule has 1 N–H and O–H groups in total. The maximum absolute atomic E-state index is 13.4. The summed E-state index contributed by atoms with van der Waals surface area (Å²) in [5, 5.41) is 0.956. The van der Waals surface area contributed by atoms with Crippen LogP contribution in [0.25, 0.3) is 0 Å². The van der Waals surface area contributed by atoms with Crippen LogP contribution < -0.4 is 5.32 Å². The molecular formula is C14H20F6N5O3P. The van der Waals surface area contributed by atoms with Crippen molar-refractivity contribution in [1.82, 2.24) is 10.2 Å². The molecule has 1 atom stereocenters. The molecular weight excluding hydrogens is 431 g/mol. The maximum Gasteiger partial charge on any atom is 0.443 e. The minimum atomic E-state index is -5.88. The molecule has 0 aromatic heterocycles. The van der Waals surface area contributed by atoms with E-state index in [0.29, 0.717) is 0 Å². The van der Waals surface area contributed by atoms with Crippen molar-refractivity contribution in [3.05, 3.63) is 0 Å². The normalized spacial score (nSPS) is 26.4. The lowest BCUT2D eigenvalue weighted by Crippen LogP contribution is -2.58. The Morgan fingerprint density at radius 3 is 2.14 bits per heavy atom. The third-order valence-corrected chi connectivity index (χ3v) is 7.18. The van der Waals surface area contributed by atoms with Gasteiger partial charge in [-0.1, -0.05) is 6.92 Å². The van der Waals surface area contributed by atoms with Gasteiger partial charge in [0, 0.05) is 13.5 Å². The highest BCUT2D eigenvalue weighted by atomic mass is 31.2. The fourth-order valence-electron chi connectivity index (χ4n) is 2.46. The van der Waals surface area contributed by atoms with Gasteiger partial charge in [-0.05, 0) is 20.8 Å². The first-order chi connectivity index (χ1) is 13.0. The van der Waals surface area contributed by atoms with Crippen LogP contribution >= 0.6 is 7.52 Å². The molecule has 0 amide bonds.